The lowest BCUT2D eigenvalue weighted by atomic mass is 9.99. The highest BCUT2D eigenvalue weighted by molar-refractivity contribution is 7.88. The van der Waals surface area contributed by atoms with Crippen molar-refractivity contribution in [3.63, 3.8) is 0 Å². The van der Waals surface area contributed by atoms with Gasteiger partial charge in [-0.2, -0.15) is 0 Å². The monoisotopic (exact) mass is 354 g/mol. The maximum Gasteiger partial charge on any atom is 0.264 e. The molecule has 126 valence electrons. The van der Waals surface area contributed by atoms with E-state index < -0.39 is 10.0 Å². The predicted octanol–water partition coefficient (Wildman–Crippen LogP) is 1.78. The summed E-state index contributed by atoms with van der Waals surface area (Å²) in [5, 5.41) is 0. The molecule has 0 radical (unpaired) electrons. The van der Waals surface area contributed by atoms with Gasteiger partial charge in [-0.15, -0.1) is 11.3 Å². The van der Waals surface area contributed by atoms with Gasteiger partial charge < -0.3 is 4.90 Å². The fourth-order valence-corrected chi connectivity index (χ4v) is 6.41. The molecular weight excluding hydrogens is 332 g/mol. The molecule has 1 aromatic heterocycles. The number of hydrogen-bond donors (Lipinski definition) is 1. The number of aryl methyl sites for hydroxylation is 2. The molecule has 1 saturated heterocycles. The van der Waals surface area contributed by atoms with Gasteiger partial charge in [0.05, 0.1) is 11.1 Å². The zero-order valence-corrected chi connectivity index (χ0v) is 14.9. The van der Waals surface area contributed by atoms with Crippen LogP contribution in [-0.4, -0.2) is 44.1 Å². The molecule has 3 unspecified atom stereocenters. The minimum absolute atomic E-state index is 0.0151. The van der Waals surface area contributed by atoms with E-state index in [-0.39, 0.29) is 18.0 Å². The van der Waals surface area contributed by atoms with E-state index in [1.807, 2.05) is 4.90 Å². The Balaban J connectivity index is 1.54. The standard InChI is InChI=1S/C16H22N2O3S2/c1-23(20,21)17-12-6-10-7-13(12)18(9-10)16(19)15-8-11-4-2-3-5-14(11)22-15/h8,10,12-13,17H,2-7,9H2,1H3. The van der Waals surface area contributed by atoms with E-state index in [1.54, 1.807) is 11.3 Å². The fraction of sp³-hybridized carbons (Fsp3) is 0.688. The maximum absolute atomic E-state index is 12.9. The number of carbonyl (C=O) groups excluding carboxylic acids is 1. The molecular formula is C16H22N2O3S2. The summed E-state index contributed by atoms with van der Waals surface area (Å²) < 4.78 is 25.8. The number of piperidine rings is 1. The number of sulfonamides is 1. The van der Waals surface area contributed by atoms with E-state index in [9.17, 15) is 13.2 Å². The van der Waals surface area contributed by atoms with Crippen molar-refractivity contribution in [2.45, 2.75) is 50.6 Å². The van der Waals surface area contributed by atoms with Crippen LogP contribution in [-0.2, 0) is 22.9 Å². The van der Waals surface area contributed by atoms with Gasteiger partial charge >= 0.3 is 0 Å². The second-order valence-electron chi connectivity index (χ2n) is 7.12. The summed E-state index contributed by atoms with van der Waals surface area (Å²) in [6.45, 7) is 0.772. The molecule has 1 aromatic rings. The van der Waals surface area contributed by atoms with E-state index in [2.05, 4.69) is 10.8 Å². The minimum Gasteiger partial charge on any atom is -0.333 e. The Kier molecular flexibility index (Phi) is 3.77. The van der Waals surface area contributed by atoms with Gasteiger partial charge in [0.2, 0.25) is 10.0 Å². The van der Waals surface area contributed by atoms with Crippen LogP contribution in [0.5, 0.6) is 0 Å². The average molecular weight is 354 g/mol. The number of likely N-dealkylation sites (tertiary alicyclic amines) is 1. The minimum atomic E-state index is -3.23. The Morgan fingerprint density at radius 3 is 2.78 bits per heavy atom. The van der Waals surface area contributed by atoms with Gasteiger partial charge in [0.1, 0.15) is 0 Å². The Morgan fingerprint density at radius 1 is 1.30 bits per heavy atom. The van der Waals surface area contributed by atoms with Crippen LogP contribution in [0.3, 0.4) is 0 Å². The van der Waals surface area contributed by atoms with Gasteiger partial charge in [-0.1, -0.05) is 0 Å². The van der Waals surface area contributed by atoms with Crippen LogP contribution in [0, 0.1) is 5.92 Å². The molecule has 5 nitrogen and oxygen atoms in total. The molecule has 3 aliphatic rings. The van der Waals surface area contributed by atoms with Crippen molar-refractivity contribution in [2.24, 2.45) is 5.92 Å². The van der Waals surface area contributed by atoms with Gasteiger partial charge in [0.25, 0.3) is 5.91 Å². The third-order valence-corrected chi connectivity index (χ3v) is 7.27. The third-order valence-electron chi connectivity index (χ3n) is 5.32. The Morgan fingerprint density at radius 2 is 2.09 bits per heavy atom. The molecule has 23 heavy (non-hydrogen) atoms. The normalized spacial score (nSPS) is 29.8. The molecule has 3 atom stereocenters. The topological polar surface area (TPSA) is 66.5 Å². The van der Waals surface area contributed by atoms with E-state index in [0.717, 1.165) is 37.1 Å². The van der Waals surface area contributed by atoms with Crippen molar-refractivity contribution in [1.29, 1.82) is 0 Å². The lowest BCUT2D eigenvalue weighted by Gasteiger charge is -2.33. The number of rotatable bonds is 3. The van der Waals surface area contributed by atoms with Crippen LogP contribution < -0.4 is 4.72 Å². The van der Waals surface area contributed by atoms with Gasteiger partial charge in [-0.25, -0.2) is 13.1 Å². The van der Waals surface area contributed by atoms with E-state index in [1.165, 1.54) is 29.5 Å². The Hall–Kier alpha value is -0.920. The molecule has 1 amide bonds. The molecule has 2 heterocycles. The molecule has 4 rings (SSSR count). The first-order chi connectivity index (χ1) is 10.9. The highest BCUT2D eigenvalue weighted by Gasteiger charge is 2.48. The average Bonchev–Trinajstić information content (AvgIpc) is 3.17. The van der Waals surface area contributed by atoms with Crippen LogP contribution in [0.4, 0.5) is 0 Å². The van der Waals surface area contributed by atoms with Crippen molar-refractivity contribution in [1.82, 2.24) is 9.62 Å². The smallest absolute Gasteiger partial charge is 0.264 e. The van der Waals surface area contributed by atoms with Crippen LogP contribution in [0.1, 0.15) is 45.8 Å². The van der Waals surface area contributed by atoms with E-state index >= 15 is 0 Å². The first-order valence-corrected chi connectivity index (χ1v) is 11.0. The van der Waals surface area contributed by atoms with Crippen molar-refractivity contribution in [2.75, 3.05) is 12.8 Å². The summed E-state index contributed by atoms with van der Waals surface area (Å²) in [6.07, 6.45) is 7.58. The first-order valence-electron chi connectivity index (χ1n) is 8.30. The van der Waals surface area contributed by atoms with Crippen LogP contribution >= 0.6 is 11.3 Å². The molecule has 0 aromatic carbocycles. The Labute approximate surface area is 141 Å². The van der Waals surface area contributed by atoms with Gasteiger partial charge in [-0.3, -0.25) is 4.79 Å². The van der Waals surface area contributed by atoms with Gasteiger partial charge in [0, 0.05) is 23.5 Å². The summed E-state index contributed by atoms with van der Waals surface area (Å²) in [6, 6.07) is 1.97. The van der Waals surface area contributed by atoms with Crippen molar-refractivity contribution < 1.29 is 13.2 Å². The first kappa shape index (κ1) is 15.6. The van der Waals surface area contributed by atoms with Crippen LogP contribution in [0.25, 0.3) is 0 Å². The second-order valence-corrected chi connectivity index (χ2v) is 10.0. The predicted molar refractivity (Wildman–Crippen MR) is 90.3 cm³/mol. The summed E-state index contributed by atoms with van der Waals surface area (Å²) >= 11 is 1.64. The summed E-state index contributed by atoms with van der Waals surface area (Å²) in [5.74, 6) is 0.523. The number of amides is 1. The molecule has 0 spiro atoms. The highest BCUT2D eigenvalue weighted by Crippen LogP contribution is 2.40. The highest BCUT2D eigenvalue weighted by atomic mass is 32.2. The van der Waals surface area contributed by atoms with Crippen molar-refractivity contribution in [3.8, 4) is 0 Å². The maximum atomic E-state index is 12.9. The summed E-state index contributed by atoms with van der Waals surface area (Å²) in [4.78, 5) is 17.0. The largest absolute Gasteiger partial charge is 0.333 e. The van der Waals surface area contributed by atoms with E-state index in [4.69, 9.17) is 0 Å². The lowest BCUT2D eigenvalue weighted by Crippen LogP contribution is -2.51. The molecule has 2 bridgehead atoms. The van der Waals surface area contributed by atoms with Gasteiger partial charge in [-0.05, 0) is 56.1 Å². The molecule has 1 N–H and O–H groups in total. The third kappa shape index (κ3) is 2.94. The summed E-state index contributed by atoms with van der Waals surface area (Å²) in [7, 11) is -3.23. The van der Waals surface area contributed by atoms with Crippen LogP contribution in [0.2, 0.25) is 0 Å². The molecule has 1 aliphatic heterocycles. The number of fused-ring (bicyclic) bond motifs is 3. The summed E-state index contributed by atoms with van der Waals surface area (Å²) in [5.41, 5.74) is 1.35. The number of thiophene rings is 1. The van der Waals surface area contributed by atoms with E-state index in [0.29, 0.717) is 5.92 Å². The second kappa shape index (κ2) is 5.57. The molecule has 2 aliphatic carbocycles. The zero-order valence-electron chi connectivity index (χ0n) is 13.2. The van der Waals surface area contributed by atoms with Crippen molar-refractivity contribution >= 4 is 27.3 Å². The fourth-order valence-electron chi connectivity index (χ4n) is 4.40. The molecule has 1 saturated carbocycles. The van der Waals surface area contributed by atoms with Crippen LogP contribution in [0.15, 0.2) is 6.07 Å². The molecule has 7 heteroatoms. The Bertz CT molecular complexity index is 717. The molecule has 2 fully saturated rings. The SMILES string of the molecule is CS(=O)(=O)NC1CC2CC1N(C(=O)c1cc3c(s1)CCCC3)C2. The number of nitrogens with zero attached hydrogens (tertiary/aromatic N) is 1. The van der Waals surface area contributed by atoms with Crippen molar-refractivity contribution in [3.05, 3.63) is 21.4 Å². The lowest BCUT2D eigenvalue weighted by molar-refractivity contribution is 0.0683. The van der Waals surface area contributed by atoms with Gasteiger partial charge in [0.15, 0.2) is 0 Å². The quantitative estimate of drug-likeness (QED) is 0.900. The number of carbonyl (C=O) groups is 1. The number of nitrogens with one attached hydrogen (secondary N) is 1. The number of hydrogen-bond acceptors (Lipinski definition) is 4. The zero-order chi connectivity index (χ0) is 16.2.